The zero-order valence-electron chi connectivity index (χ0n) is 13.1. The minimum atomic E-state index is 0.0402. The van der Waals surface area contributed by atoms with Gasteiger partial charge in [0.25, 0.3) is 11.4 Å². The van der Waals surface area contributed by atoms with Gasteiger partial charge in [0.05, 0.1) is 25.3 Å². The zero-order valence-corrected chi connectivity index (χ0v) is 13.1. The molecule has 1 aromatic rings. The molecule has 0 amide bonds. The molecular formula is C18H16N4. The van der Waals surface area contributed by atoms with Crippen molar-refractivity contribution in [3.8, 4) is 12.1 Å². The fraction of sp³-hybridized carbons (Fsp3) is 0.333. The lowest BCUT2D eigenvalue weighted by Gasteiger charge is -2.14. The monoisotopic (exact) mass is 288 g/mol. The first kappa shape index (κ1) is 17.0. The van der Waals surface area contributed by atoms with Gasteiger partial charge >= 0.3 is 0 Å². The number of rotatable bonds is 2. The highest BCUT2D eigenvalue weighted by Crippen LogP contribution is 2.15. The first-order valence-electron chi connectivity index (χ1n) is 6.88. The van der Waals surface area contributed by atoms with E-state index in [1.54, 1.807) is 12.1 Å². The van der Waals surface area contributed by atoms with Crippen molar-refractivity contribution in [2.75, 3.05) is 0 Å². The predicted octanol–water partition coefficient (Wildman–Crippen LogP) is 3.04. The lowest BCUT2D eigenvalue weighted by Crippen LogP contribution is -2.24. The molecule has 22 heavy (non-hydrogen) atoms. The van der Waals surface area contributed by atoms with Crippen LogP contribution in [0.25, 0.3) is 21.1 Å². The second-order valence-electron chi connectivity index (χ2n) is 5.48. The summed E-state index contributed by atoms with van der Waals surface area (Å²) >= 11 is 0. The molecule has 4 nitrogen and oxygen atoms in total. The van der Waals surface area contributed by atoms with E-state index in [0.717, 1.165) is 11.1 Å². The third kappa shape index (κ3) is 3.15. The Hall–Kier alpha value is -3.08. The Morgan fingerprint density at radius 1 is 0.864 bits per heavy atom. The molecule has 0 aliphatic heterocycles. The average Bonchev–Trinajstić information content (AvgIpc) is 2.49. The van der Waals surface area contributed by atoms with Crippen LogP contribution in [0.4, 0.5) is 0 Å². The van der Waals surface area contributed by atoms with Crippen molar-refractivity contribution in [2.24, 2.45) is 0 Å². The van der Waals surface area contributed by atoms with Crippen molar-refractivity contribution in [3.63, 3.8) is 0 Å². The van der Waals surface area contributed by atoms with Crippen molar-refractivity contribution < 1.29 is 0 Å². The summed E-state index contributed by atoms with van der Waals surface area (Å²) in [4.78, 5) is 6.62. The molecule has 0 saturated heterocycles. The lowest BCUT2D eigenvalue weighted by molar-refractivity contribution is 0.829. The van der Waals surface area contributed by atoms with Crippen molar-refractivity contribution >= 4 is 11.4 Å². The first-order chi connectivity index (χ1) is 10.4. The van der Waals surface area contributed by atoms with Crippen LogP contribution in [0, 0.1) is 35.8 Å². The van der Waals surface area contributed by atoms with Crippen molar-refractivity contribution in [1.82, 2.24) is 0 Å². The normalized spacial score (nSPS) is 12.8. The van der Waals surface area contributed by atoms with Gasteiger partial charge in [-0.3, -0.25) is 0 Å². The van der Waals surface area contributed by atoms with Gasteiger partial charge in [-0.15, -0.1) is 0 Å². The standard InChI is InChI=1S/C18H16N4/c1-11(2)13-7-16(18(10-20)22-6)14(12(3)4)8-15(13)17(9-19)21-5/h7-8,11-12H,1-4H3/b17-15-,18-16+. The molecule has 0 aromatic heterocycles. The van der Waals surface area contributed by atoms with E-state index < -0.39 is 0 Å². The molecule has 0 saturated carbocycles. The van der Waals surface area contributed by atoms with Crippen molar-refractivity contribution in [3.05, 3.63) is 56.5 Å². The molecule has 0 fully saturated rings. The highest BCUT2D eigenvalue weighted by Gasteiger charge is 2.13. The molecule has 0 bridgehead atoms. The van der Waals surface area contributed by atoms with Gasteiger partial charge in [0.15, 0.2) is 0 Å². The van der Waals surface area contributed by atoms with E-state index in [0.29, 0.717) is 10.4 Å². The van der Waals surface area contributed by atoms with Crippen molar-refractivity contribution in [1.29, 1.82) is 10.5 Å². The maximum atomic E-state index is 9.18. The zero-order chi connectivity index (χ0) is 16.9. The summed E-state index contributed by atoms with van der Waals surface area (Å²) in [6.07, 6.45) is 0. The van der Waals surface area contributed by atoms with E-state index in [2.05, 4.69) is 9.69 Å². The van der Waals surface area contributed by atoms with E-state index in [4.69, 9.17) is 13.1 Å². The smallest absolute Gasteiger partial charge is 0.226 e. The van der Waals surface area contributed by atoms with Gasteiger partial charge < -0.3 is 0 Å². The van der Waals surface area contributed by atoms with Crippen LogP contribution in [-0.2, 0) is 0 Å². The molecule has 1 rings (SSSR count). The van der Waals surface area contributed by atoms with Crippen LogP contribution in [0.2, 0.25) is 0 Å². The Kier molecular flexibility index (Phi) is 5.46. The van der Waals surface area contributed by atoms with Gasteiger partial charge in [-0.1, -0.05) is 39.8 Å². The molecule has 0 aliphatic rings. The Labute approximate surface area is 130 Å². The van der Waals surface area contributed by atoms with Gasteiger partial charge in [-0.25, -0.2) is 20.2 Å². The molecule has 0 N–H and O–H groups in total. The largest absolute Gasteiger partial charge is 0.269 e. The molecule has 0 radical (unpaired) electrons. The number of benzene rings is 1. The van der Waals surface area contributed by atoms with Crippen LogP contribution >= 0.6 is 0 Å². The Bertz CT molecular complexity index is 768. The third-order valence-corrected chi connectivity index (χ3v) is 3.41. The summed E-state index contributed by atoms with van der Waals surface area (Å²) < 4.78 is 0. The summed E-state index contributed by atoms with van der Waals surface area (Å²) in [5.41, 5.74) is 1.70. The molecule has 0 heterocycles. The molecule has 108 valence electrons. The fourth-order valence-electron chi connectivity index (χ4n) is 2.29. The highest BCUT2D eigenvalue weighted by molar-refractivity contribution is 5.70. The van der Waals surface area contributed by atoms with E-state index in [1.807, 2.05) is 39.8 Å². The van der Waals surface area contributed by atoms with Crippen LogP contribution < -0.4 is 10.4 Å². The van der Waals surface area contributed by atoms with E-state index in [1.165, 1.54) is 0 Å². The van der Waals surface area contributed by atoms with Gasteiger partial charge in [0.1, 0.15) is 0 Å². The summed E-state index contributed by atoms with van der Waals surface area (Å²) in [5, 5.41) is 19.6. The SMILES string of the molecule is [C-]#[N+]/C(C#N)=c1/cc(C(C)C)/c(=C(\C#N)[N+]#[C-])cc1C(C)C. The third-order valence-electron chi connectivity index (χ3n) is 3.41. The summed E-state index contributed by atoms with van der Waals surface area (Å²) in [6, 6.07) is 7.44. The fourth-order valence-corrected chi connectivity index (χ4v) is 2.29. The van der Waals surface area contributed by atoms with Gasteiger partial charge in [0.2, 0.25) is 0 Å². The molecule has 0 atom stereocenters. The molecule has 0 aliphatic carbocycles. The van der Waals surface area contributed by atoms with Gasteiger partial charge in [-0.05, 0) is 33.4 Å². The minimum absolute atomic E-state index is 0.0402. The number of hydrogen-bond acceptors (Lipinski definition) is 2. The topological polar surface area (TPSA) is 56.3 Å². The maximum absolute atomic E-state index is 9.18. The second kappa shape index (κ2) is 7.08. The molecule has 4 heteroatoms. The molecule has 0 unspecified atom stereocenters. The summed E-state index contributed by atoms with van der Waals surface area (Å²) in [6.45, 7) is 22.2. The molecular weight excluding hydrogens is 272 g/mol. The van der Waals surface area contributed by atoms with Crippen LogP contribution in [-0.4, -0.2) is 0 Å². The minimum Gasteiger partial charge on any atom is -0.226 e. The van der Waals surface area contributed by atoms with Crippen LogP contribution in [0.1, 0.15) is 50.7 Å². The van der Waals surface area contributed by atoms with Crippen molar-refractivity contribution in [2.45, 2.75) is 39.5 Å². The average molecular weight is 288 g/mol. The first-order valence-corrected chi connectivity index (χ1v) is 6.88. The van der Waals surface area contributed by atoms with Crippen LogP contribution in [0.3, 0.4) is 0 Å². The Morgan fingerprint density at radius 2 is 1.18 bits per heavy atom. The number of nitriles is 2. The maximum Gasteiger partial charge on any atom is 0.269 e. The predicted molar refractivity (Wildman–Crippen MR) is 85.1 cm³/mol. The van der Waals surface area contributed by atoms with Gasteiger partial charge in [0, 0.05) is 0 Å². The molecule has 1 aromatic carbocycles. The van der Waals surface area contributed by atoms with Crippen LogP contribution in [0.15, 0.2) is 12.1 Å². The molecule has 0 spiro atoms. The quantitative estimate of drug-likeness (QED) is 0.785. The van der Waals surface area contributed by atoms with E-state index in [9.17, 15) is 10.5 Å². The van der Waals surface area contributed by atoms with Gasteiger partial charge in [-0.2, -0.15) is 0 Å². The summed E-state index contributed by atoms with van der Waals surface area (Å²) in [5.74, 6) is 0.150. The highest BCUT2D eigenvalue weighted by atomic mass is 14.7. The lowest BCUT2D eigenvalue weighted by atomic mass is 9.91. The summed E-state index contributed by atoms with van der Waals surface area (Å²) in [7, 11) is 0. The van der Waals surface area contributed by atoms with E-state index >= 15 is 0 Å². The Morgan fingerprint density at radius 3 is 1.36 bits per heavy atom. The number of nitrogens with zero attached hydrogens (tertiary/aromatic N) is 4. The van der Waals surface area contributed by atoms with Crippen LogP contribution in [0.5, 0.6) is 0 Å². The van der Waals surface area contributed by atoms with E-state index in [-0.39, 0.29) is 23.2 Å². The number of hydrogen-bond donors (Lipinski definition) is 0. The second-order valence-corrected chi connectivity index (χ2v) is 5.48. The Balaban J connectivity index is 4.22.